The van der Waals surface area contributed by atoms with E-state index >= 15 is 0 Å². The highest BCUT2D eigenvalue weighted by Crippen LogP contribution is 2.30. The summed E-state index contributed by atoms with van der Waals surface area (Å²) in [6.45, 7) is 0. The maximum absolute atomic E-state index is 13.5. The molecule has 2 aromatic carbocycles. The van der Waals surface area contributed by atoms with Gasteiger partial charge >= 0.3 is 11.4 Å². The van der Waals surface area contributed by atoms with E-state index in [0.717, 1.165) is 23.0 Å². The number of para-hydroxylation sites is 1. The Hall–Kier alpha value is -2.94. The minimum Gasteiger partial charge on any atom is -0.305 e. The van der Waals surface area contributed by atoms with Crippen LogP contribution in [0.3, 0.4) is 0 Å². The summed E-state index contributed by atoms with van der Waals surface area (Å²) in [7, 11) is 0. The molecule has 0 spiro atoms. The van der Waals surface area contributed by atoms with E-state index in [-0.39, 0.29) is 22.5 Å². The van der Waals surface area contributed by atoms with Crippen LogP contribution in [0.2, 0.25) is 0 Å². The van der Waals surface area contributed by atoms with Gasteiger partial charge in [-0.15, -0.1) is 0 Å². The molecule has 0 saturated heterocycles. The summed E-state index contributed by atoms with van der Waals surface area (Å²) in [6.07, 6.45) is 0.118. The molecule has 4 nitrogen and oxygen atoms in total. The molecule has 0 atom stereocenters. The van der Waals surface area contributed by atoms with Gasteiger partial charge in [0.1, 0.15) is 0 Å². The van der Waals surface area contributed by atoms with E-state index in [1.807, 2.05) is 0 Å². The molecule has 1 aromatic heterocycles. The van der Waals surface area contributed by atoms with Crippen molar-refractivity contribution in [1.29, 1.82) is 0 Å². The lowest BCUT2D eigenvalue weighted by atomic mass is 10.0. The first-order valence-electron chi connectivity index (χ1n) is 7.72. The fourth-order valence-corrected chi connectivity index (χ4v) is 2.56. The van der Waals surface area contributed by atoms with Crippen molar-refractivity contribution in [1.82, 2.24) is 9.78 Å². The number of carbonyl (C=O) groups excluding carboxylic acids is 1. The highest BCUT2D eigenvalue weighted by molar-refractivity contribution is 6.21. The van der Waals surface area contributed by atoms with E-state index < -0.39 is 35.3 Å². The second kappa shape index (κ2) is 7.59. The van der Waals surface area contributed by atoms with E-state index in [0.29, 0.717) is 0 Å². The van der Waals surface area contributed by atoms with Gasteiger partial charge in [0.2, 0.25) is 0 Å². The highest BCUT2D eigenvalue weighted by atomic mass is 35.5. The normalized spacial score (nSPS) is 11.5. The first-order valence-corrected chi connectivity index (χ1v) is 8.10. The predicted molar refractivity (Wildman–Crippen MR) is 91.7 cm³/mol. The maximum Gasteiger partial charge on any atom is 0.346 e. The van der Waals surface area contributed by atoms with Crippen molar-refractivity contribution in [3.63, 3.8) is 0 Å². The van der Waals surface area contributed by atoms with E-state index in [9.17, 15) is 26.7 Å². The Labute approximate surface area is 160 Å². The first-order chi connectivity index (χ1) is 13.1. The molecular formula is C18H10ClF5N3O. The molecule has 1 N–H and O–H groups in total. The average Bonchev–Trinajstić information content (AvgIpc) is 3.06. The predicted octanol–water partition coefficient (Wildman–Crippen LogP) is 5.22. The quantitative estimate of drug-likeness (QED) is 0.361. The van der Waals surface area contributed by atoms with Gasteiger partial charge in [-0.05, 0) is 35.4 Å². The number of aromatic nitrogens is 2. The molecule has 1 heterocycles. The molecule has 10 heteroatoms. The molecule has 1 amide bonds. The van der Waals surface area contributed by atoms with Crippen LogP contribution >= 0.6 is 11.6 Å². The van der Waals surface area contributed by atoms with Crippen LogP contribution in [0.4, 0.5) is 32.4 Å². The molecule has 3 aromatic rings. The lowest BCUT2D eigenvalue weighted by Gasteiger charge is -2.12. The fraction of sp³-hybridized carbons (Fsp3) is 0.111. The van der Waals surface area contributed by atoms with Crippen LogP contribution in [0.1, 0.15) is 5.69 Å². The number of amides is 1. The van der Waals surface area contributed by atoms with Gasteiger partial charge in [-0.25, -0.2) is 18.0 Å². The first kappa shape index (κ1) is 19.8. The zero-order valence-electron chi connectivity index (χ0n) is 13.8. The van der Waals surface area contributed by atoms with Crippen molar-refractivity contribution in [2.75, 3.05) is 5.32 Å². The van der Waals surface area contributed by atoms with Crippen LogP contribution in [0.5, 0.6) is 0 Å². The van der Waals surface area contributed by atoms with Crippen molar-refractivity contribution >= 4 is 23.3 Å². The minimum absolute atomic E-state index is 0.0122. The zero-order chi connectivity index (χ0) is 20.5. The number of alkyl halides is 3. The van der Waals surface area contributed by atoms with Crippen LogP contribution in [-0.4, -0.2) is 21.2 Å². The third-order valence-corrected chi connectivity index (χ3v) is 3.75. The highest BCUT2D eigenvalue weighted by Gasteiger charge is 2.27. The second-order valence-electron chi connectivity index (χ2n) is 5.69. The summed E-state index contributed by atoms with van der Waals surface area (Å²) >= 11 is 4.82. The Balaban J connectivity index is 1.87. The molecular weight excluding hydrogens is 405 g/mol. The van der Waals surface area contributed by atoms with E-state index in [1.165, 1.54) is 12.1 Å². The number of halogens is 6. The molecule has 28 heavy (non-hydrogen) atoms. The monoisotopic (exact) mass is 414 g/mol. The number of nitrogens with one attached hydrogen (secondary N) is 1. The smallest absolute Gasteiger partial charge is 0.305 e. The number of rotatable bonds is 4. The van der Waals surface area contributed by atoms with Gasteiger partial charge in [0.15, 0.2) is 17.5 Å². The van der Waals surface area contributed by atoms with Crippen molar-refractivity contribution in [2.24, 2.45) is 0 Å². The summed E-state index contributed by atoms with van der Waals surface area (Å²) in [5, 5.41) is 2.55. The lowest BCUT2D eigenvalue weighted by molar-refractivity contribution is 0.0956. The molecule has 3 rings (SSSR count). The van der Waals surface area contributed by atoms with Crippen molar-refractivity contribution in [3.8, 4) is 11.1 Å². The number of hydrogen-bond donors (Lipinski definition) is 1. The van der Waals surface area contributed by atoms with Crippen LogP contribution in [-0.2, 0) is 6.42 Å². The number of carbonyl (C=O) groups is 1. The fourth-order valence-electron chi connectivity index (χ4n) is 2.43. The Bertz CT molecular complexity index is 1010. The topological polar surface area (TPSA) is 46.9 Å². The average molecular weight is 415 g/mol. The summed E-state index contributed by atoms with van der Waals surface area (Å²) in [6, 6.07) is 9.10. The Morgan fingerprint density at radius 2 is 1.82 bits per heavy atom. The summed E-state index contributed by atoms with van der Waals surface area (Å²) in [4.78, 5) is 12.3. The molecule has 0 saturated carbocycles. The van der Waals surface area contributed by atoms with Crippen LogP contribution < -0.4 is 5.32 Å². The standard InChI is InChI=1S/C18H10ClF5N3O/c19-18(23,24)9-11-5-6-27(26-11)17(28)25-15-4-2-1-3-12(15)10-7-13(20)16(22)14(21)8-10/h1-4,6-8H,9H2,(H,25,28). The Morgan fingerprint density at radius 1 is 1.18 bits per heavy atom. The number of nitrogens with zero attached hydrogens (tertiary/aromatic N) is 2. The minimum atomic E-state index is -3.53. The summed E-state index contributed by atoms with van der Waals surface area (Å²) in [5.74, 6) is -4.38. The molecule has 0 aliphatic rings. The third-order valence-electron chi connectivity index (χ3n) is 3.62. The molecule has 0 aliphatic carbocycles. The SMILES string of the molecule is O=C(Nc1ccccc1-c1cc(F)c(F)c(F)c1)n1c[c]c(CC(F)(F)Cl)n1. The van der Waals surface area contributed by atoms with Crippen molar-refractivity contribution < 1.29 is 26.7 Å². The van der Waals surface area contributed by atoms with Gasteiger partial charge in [-0.3, -0.25) is 0 Å². The Kier molecular flexibility index (Phi) is 5.37. The molecule has 1 radical (unpaired) electrons. The van der Waals surface area contributed by atoms with Gasteiger partial charge in [-0.2, -0.15) is 18.6 Å². The molecule has 0 unspecified atom stereocenters. The van der Waals surface area contributed by atoms with E-state index in [1.54, 1.807) is 12.1 Å². The van der Waals surface area contributed by atoms with Gasteiger partial charge in [-0.1, -0.05) is 18.2 Å². The number of anilines is 1. The zero-order valence-corrected chi connectivity index (χ0v) is 14.6. The van der Waals surface area contributed by atoms with Crippen molar-refractivity contribution in [2.45, 2.75) is 11.8 Å². The third kappa shape index (κ3) is 4.48. The molecule has 0 fully saturated rings. The van der Waals surface area contributed by atoms with Crippen LogP contribution in [0, 0.1) is 23.5 Å². The van der Waals surface area contributed by atoms with E-state index in [2.05, 4.69) is 16.5 Å². The van der Waals surface area contributed by atoms with Crippen LogP contribution in [0.25, 0.3) is 11.1 Å². The van der Waals surface area contributed by atoms with Crippen LogP contribution in [0.15, 0.2) is 42.6 Å². The largest absolute Gasteiger partial charge is 0.346 e. The number of hydrogen-bond acceptors (Lipinski definition) is 2. The van der Waals surface area contributed by atoms with E-state index in [4.69, 9.17) is 11.6 Å². The Morgan fingerprint density at radius 3 is 2.46 bits per heavy atom. The van der Waals surface area contributed by atoms with Gasteiger partial charge < -0.3 is 5.32 Å². The maximum atomic E-state index is 13.5. The summed E-state index contributed by atoms with van der Waals surface area (Å²) in [5.41, 5.74) is 0.0999. The van der Waals surface area contributed by atoms with Crippen molar-refractivity contribution in [3.05, 3.63) is 71.8 Å². The molecule has 0 bridgehead atoms. The van der Waals surface area contributed by atoms with Gasteiger partial charge in [0.05, 0.1) is 17.8 Å². The number of benzene rings is 2. The summed E-state index contributed by atoms with van der Waals surface area (Å²) < 4.78 is 66.6. The van der Waals surface area contributed by atoms with Gasteiger partial charge in [0, 0.05) is 17.8 Å². The van der Waals surface area contributed by atoms with Gasteiger partial charge in [0.25, 0.3) is 0 Å². The lowest BCUT2D eigenvalue weighted by Crippen LogP contribution is -2.21. The molecule has 0 aliphatic heterocycles. The molecule has 145 valence electrons. The second-order valence-corrected chi connectivity index (χ2v) is 6.24.